The number of hydrogen-bond donors (Lipinski definition) is 1. The Bertz CT molecular complexity index is 740. The zero-order valence-electron chi connectivity index (χ0n) is 10.1. The summed E-state index contributed by atoms with van der Waals surface area (Å²) in [6.45, 7) is 0. The van der Waals surface area contributed by atoms with Gasteiger partial charge in [-0.3, -0.25) is 14.9 Å². The molecule has 1 amide bonds. The summed E-state index contributed by atoms with van der Waals surface area (Å²) in [7, 11) is 0. The molecule has 0 saturated carbocycles. The first-order valence-corrected chi connectivity index (χ1v) is 6.25. The molecular weight excluding hydrogens is 352 g/mol. The second-order valence-electron chi connectivity index (χ2n) is 3.84. The maximum Gasteiger partial charge on any atom is 0.307 e. The number of amides is 1. The lowest BCUT2D eigenvalue weighted by molar-refractivity contribution is -0.387. The van der Waals surface area contributed by atoms with E-state index in [9.17, 15) is 23.7 Å². The summed E-state index contributed by atoms with van der Waals surface area (Å²) in [5, 5.41) is 12.7. The van der Waals surface area contributed by atoms with Crippen molar-refractivity contribution < 1.29 is 18.5 Å². The summed E-state index contributed by atoms with van der Waals surface area (Å²) >= 11 is 3.07. The molecule has 21 heavy (non-hydrogen) atoms. The molecule has 1 heterocycles. The fourth-order valence-corrected chi connectivity index (χ4v) is 1.84. The summed E-state index contributed by atoms with van der Waals surface area (Å²) in [5.41, 5.74) is -1.47. The molecule has 0 spiro atoms. The molecule has 0 radical (unpaired) electrons. The minimum atomic E-state index is -1.32. The van der Waals surface area contributed by atoms with Crippen LogP contribution in [0.3, 0.4) is 0 Å². The van der Waals surface area contributed by atoms with Gasteiger partial charge in [-0.1, -0.05) is 6.07 Å². The Labute approximate surface area is 125 Å². The number of hydrogen-bond acceptors (Lipinski definition) is 4. The van der Waals surface area contributed by atoms with E-state index in [4.69, 9.17) is 0 Å². The molecule has 2 rings (SSSR count). The van der Waals surface area contributed by atoms with Crippen LogP contribution in [0.5, 0.6) is 0 Å². The fraction of sp³-hybridized carbons (Fsp3) is 0. The average molecular weight is 358 g/mol. The van der Waals surface area contributed by atoms with Crippen molar-refractivity contribution in [2.45, 2.75) is 0 Å². The molecule has 0 aliphatic rings. The molecular formula is C12H6BrF2N3O3. The van der Waals surface area contributed by atoms with E-state index in [1.807, 2.05) is 0 Å². The number of rotatable bonds is 3. The summed E-state index contributed by atoms with van der Waals surface area (Å²) in [4.78, 5) is 25.3. The number of nitro benzene ring substituents is 1. The number of carbonyl (C=O) groups is 1. The fourth-order valence-electron chi connectivity index (χ4n) is 1.49. The van der Waals surface area contributed by atoms with E-state index in [0.29, 0.717) is 16.7 Å². The lowest BCUT2D eigenvalue weighted by Gasteiger charge is -2.06. The number of carbonyl (C=O) groups excluding carboxylic acids is 1. The van der Waals surface area contributed by atoms with Crippen LogP contribution in [0.25, 0.3) is 0 Å². The predicted molar refractivity (Wildman–Crippen MR) is 72.9 cm³/mol. The molecule has 108 valence electrons. The summed E-state index contributed by atoms with van der Waals surface area (Å²) in [5.74, 6) is -3.23. The molecule has 6 nitrogen and oxygen atoms in total. The van der Waals surface area contributed by atoms with Crippen LogP contribution in [0.15, 0.2) is 34.9 Å². The number of nitrogens with one attached hydrogen (secondary N) is 1. The maximum atomic E-state index is 13.5. The molecule has 0 unspecified atom stereocenters. The van der Waals surface area contributed by atoms with Gasteiger partial charge in [-0.15, -0.1) is 0 Å². The number of halogens is 3. The Morgan fingerprint density at radius 2 is 2.00 bits per heavy atom. The van der Waals surface area contributed by atoms with Gasteiger partial charge in [0, 0.05) is 12.1 Å². The monoisotopic (exact) mass is 357 g/mol. The summed E-state index contributed by atoms with van der Waals surface area (Å²) in [6, 6.07) is 5.44. The smallest absolute Gasteiger partial charge is 0.307 e. The van der Waals surface area contributed by atoms with E-state index >= 15 is 0 Å². The van der Waals surface area contributed by atoms with Gasteiger partial charge in [0.15, 0.2) is 0 Å². The van der Waals surface area contributed by atoms with Crippen LogP contribution < -0.4 is 5.32 Å². The lowest BCUT2D eigenvalue weighted by Crippen LogP contribution is -2.15. The predicted octanol–water partition coefficient (Wildman–Crippen LogP) is 3.28. The van der Waals surface area contributed by atoms with Crippen molar-refractivity contribution in [3.8, 4) is 0 Å². The van der Waals surface area contributed by atoms with Gasteiger partial charge < -0.3 is 5.32 Å². The Balaban J connectivity index is 2.33. The van der Waals surface area contributed by atoms with Crippen molar-refractivity contribution in [1.29, 1.82) is 0 Å². The molecule has 0 atom stereocenters. The average Bonchev–Trinajstić information content (AvgIpc) is 2.41. The molecule has 0 saturated heterocycles. The second kappa shape index (κ2) is 5.92. The van der Waals surface area contributed by atoms with Crippen molar-refractivity contribution in [3.05, 3.63) is 62.4 Å². The van der Waals surface area contributed by atoms with Gasteiger partial charge in [0.25, 0.3) is 5.91 Å². The Kier molecular flexibility index (Phi) is 4.22. The highest BCUT2D eigenvalue weighted by molar-refractivity contribution is 9.10. The van der Waals surface area contributed by atoms with Gasteiger partial charge in [-0.2, -0.15) is 4.39 Å². The molecule has 0 bridgehead atoms. The van der Waals surface area contributed by atoms with Crippen LogP contribution in [-0.2, 0) is 0 Å². The third kappa shape index (κ3) is 3.37. The first-order valence-electron chi connectivity index (χ1n) is 5.46. The van der Waals surface area contributed by atoms with Gasteiger partial charge in [0.2, 0.25) is 5.82 Å². The number of nitrogens with zero attached hydrogens (tertiary/aromatic N) is 2. The Hall–Kier alpha value is -2.42. The maximum absolute atomic E-state index is 13.5. The third-order valence-electron chi connectivity index (χ3n) is 2.43. The van der Waals surface area contributed by atoms with Gasteiger partial charge >= 0.3 is 5.69 Å². The normalized spacial score (nSPS) is 10.2. The SMILES string of the molecule is O=C(Nc1cc([N+](=O)[O-])c(F)cc1F)c1cccc(Br)n1. The topological polar surface area (TPSA) is 85.1 Å². The van der Waals surface area contributed by atoms with Crippen molar-refractivity contribution in [3.63, 3.8) is 0 Å². The Morgan fingerprint density at radius 3 is 2.62 bits per heavy atom. The van der Waals surface area contributed by atoms with E-state index in [-0.39, 0.29) is 5.69 Å². The quantitative estimate of drug-likeness (QED) is 0.518. The van der Waals surface area contributed by atoms with E-state index in [1.165, 1.54) is 12.1 Å². The van der Waals surface area contributed by atoms with E-state index in [2.05, 4.69) is 26.2 Å². The molecule has 0 aliphatic carbocycles. The van der Waals surface area contributed by atoms with Gasteiger partial charge in [0.05, 0.1) is 10.6 Å². The number of anilines is 1. The van der Waals surface area contributed by atoms with Crippen LogP contribution >= 0.6 is 15.9 Å². The van der Waals surface area contributed by atoms with E-state index in [0.717, 1.165) is 0 Å². The van der Waals surface area contributed by atoms with Crippen molar-refractivity contribution in [2.75, 3.05) is 5.32 Å². The minimum absolute atomic E-state index is 0.0317. The number of pyridine rings is 1. The number of aromatic nitrogens is 1. The van der Waals surface area contributed by atoms with Crippen LogP contribution in [0.4, 0.5) is 20.2 Å². The highest BCUT2D eigenvalue weighted by Crippen LogP contribution is 2.25. The zero-order chi connectivity index (χ0) is 15.6. The first kappa shape index (κ1) is 15.0. The van der Waals surface area contributed by atoms with Gasteiger partial charge in [-0.25, -0.2) is 9.37 Å². The van der Waals surface area contributed by atoms with Crippen molar-refractivity contribution in [1.82, 2.24) is 4.98 Å². The largest absolute Gasteiger partial charge is 0.318 e. The Morgan fingerprint density at radius 1 is 1.29 bits per heavy atom. The molecule has 1 aromatic carbocycles. The second-order valence-corrected chi connectivity index (χ2v) is 4.65. The van der Waals surface area contributed by atoms with Gasteiger partial charge in [-0.05, 0) is 28.1 Å². The molecule has 2 aromatic rings. The van der Waals surface area contributed by atoms with Crippen LogP contribution in [-0.4, -0.2) is 15.8 Å². The summed E-state index contributed by atoms with van der Waals surface area (Å²) in [6.07, 6.45) is 0. The van der Waals surface area contributed by atoms with Crippen LogP contribution in [0.2, 0.25) is 0 Å². The standard InChI is InChI=1S/C12H6BrF2N3O3/c13-11-3-1-2-8(16-11)12(19)17-9-5-10(18(20)21)7(15)4-6(9)14/h1-5H,(H,17,19). The van der Waals surface area contributed by atoms with Crippen LogP contribution in [0, 0.1) is 21.7 Å². The van der Waals surface area contributed by atoms with Crippen molar-refractivity contribution in [2.24, 2.45) is 0 Å². The minimum Gasteiger partial charge on any atom is -0.318 e. The van der Waals surface area contributed by atoms with E-state index < -0.39 is 33.8 Å². The molecule has 1 aromatic heterocycles. The third-order valence-corrected chi connectivity index (χ3v) is 2.87. The highest BCUT2D eigenvalue weighted by Gasteiger charge is 2.20. The summed E-state index contributed by atoms with van der Waals surface area (Å²) < 4.78 is 27.1. The van der Waals surface area contributed by atoms with E-state index in [1.54, 1.807) is 6.07 Å². The molecule has 9 heteroatoms. The number of benzene rings is 1. The molecule has 0 aliphatic heterocycles. The highest BCUT2D eigenvalue weighted by atomic mass is 79.9. The lowest BCUT2D eigenvalue weighted by atomic mass is 10.2. The molecule has 0 fully saturated rings. The zero-order valence-corrected chi connectivity index (χ0v) is 11.7. The van der Waals surface area contributed by atoms with Gasteiger partial charge in [0.1, 0.15) is 16.1 Å². The molecule has 1 N–H and O–H groups in total. The first-order chi connectivity index (χ1) is 9.88. The number of nitro groups is 1. The van der Waals surface area contributed by atoms with Crippen molar-refractivity contribution >= 4 is 33.2 Å². The van der Waals surface area contributed by atoms with Crippen LogP contribution in [0.1, 0.15) is 10.5 Å².